The minimum atomic E-state index is -0.521. The van der Waals surface area contributed by atoms with Crippen LogP contribution in [0, 0.1) is 0 Å². The zero-order valence-corrected chi connectivity index (χ0v) is 5.40. The minimum Gasteiger partial charge on any atom is -0.328 e. The highest BCUT2D eigenvalue weighted by molar-refractivity contribution is 7.81. The molecule has 0 heterocycles. The van der Waals surface area contributed by atoms with Crippen LogP contribution < -0.4 is 11.5 Å². The zero-order chi connectivity index (χ0) is 6.57. The Morgan fingerprint density at radius 1 is 1.75 bits per heavy atom. The lowest BCUT2D eigenvalue weighted by molar-refractivity contribution is -0.117. The van der Waals surface area contributed by atoms with Crippen molar-refractivity contribution in [2.45, 2.75) is 6.04 Å². The van der Waals surface area contributed by atoms with Crippen LogP contribution in [0.25, 0.3) is 0 Å². The summed E-state index contributed by atoms with van der Waals surface area (Å²) in [5, 5.41) is 0. The maximum absolute atomic E-state index is 10.5. The van der Waals surface area contributed by atoms with E-state index in [2.05, 4.69) is 12.6 Å². The molecule has 3 nitrogen and oxygen atoms in total. The molecule has 48 valence electrons. The fourth-order valence-electron chi connectivity index (χ4n) is 0.249. The molecule has 0 fully saturated rings. The van der Waals surface area contributed by atoms with Gasteiger partial charge in [-0.1, -0.05) is 0 Å². The molecule has 0 aromatic carbocycles. The molecule has 0 saturated heterocycles. The van der Waals surface area contributed by atoms with Gasteiger partial charge < -0.3 is 11.5 Å². The summed E-state index contributed by atoms with van der Waals surface area (Å²) in [5.74, 6) is 0.0779. The van der Waals surface area contributed by atoms with Gasteiger partial charge in [-0.2, -0.15) is 12.6 Å². The van der Waals surface area contributed by atoms with E-state index in [1.807, 2.05) is 0 Å². The van der Waals surface area contributed by atoms with Crippen LogP contribution in [0.15, 0.2) is 0 Å². The number of hydrogen-bond acceptors (Lipinski definition) is 4. The van der Waals surface area contributed by atoms with Gasteiger partial charge in [0.25, 0.3) is 0 Å². The number of carbonyl (C=O) groups excluding carboxylic acids is 1. The van der Waals surface area contributed by atoms with Crippen molar-refractivity contribution in [1.29, 1.82) is 0 Å². The van der Waals surface area contributed by atoms with Crippen LogP contribution in [-0.4, -0.2) is 24.1 Å². The van der Waals surface area contributed by atoms with Crippen molar-refractivity contribution in [3.05, 3.63) is 0 Å². The first-order valence-corrected chi connectivity index (χ1v) is 2.94. The third-order valence-electron chi connectivity index (χ3n) is 0.823. The van der Waals surface area contributed by atoms with Crippen molar-refractivity contribution in [3.8, 4) is 0 Å². The van der Waals surface area contributed by atoms with E-state index >= 15 is 0 Å². The van der Waals surface area contributed by atoms with E-state index in [1.54, 1.807) is 0 Å². The quantitative estimate of drug-likeness (QED) is 0.423. The van der Waals surface area contributed by atoms with Crippen molar-refractivity contribution >= 4 is 18.4 Å². The molecule has 1 unspecified atom stereocenters. The van der Waals surface area contributed by atoms with Gasteiger partial charge in [-0.25, -0.2) is 0 Å². The van der Waals surface area contributed by atoms with Crippen LogP contribution in [-0.2, 0) is 4.79 Å². The average Bonchev–Trinajstić information content (AvgIpc) is 1.84. The second-order valence-electron chi connectivity index (χ2n) is 1.47. The van der Waals surface area contributed by atoms with Gasteiger partial charge in [0.2, 0.25) is 0 Å². The average molecular weight is 134 g/mol. The van der Waals surface area contributed by atoms with Crippen molar-refractivity contribution in [2.75, 3.05) is 12.3 Å². The van der Waals surface area contributed by atoms with Crippen LogP contribution in [0.4, 0.5) is 0 Å². The number of ketones is 1. The van der Waals surface area contributed by atoms with Gasteiger partial charge in [-0.05, 0) is 0 Å². The van der Waals surface area contributed by atoms with Crippen LogP contribution in [0.1, 0.15) is 0 Å². The normalized spacial score (nSPS) is 13.4. The van der Waals surface area contributed by atoms with Crippen molar-refractivity contribution in [1.82, 2.24) is 0 Å². The molecular formula is C4H10N2OS. The lowest BCUT2D eigenvalue weighted by Crippen LogP contribution is -2.38. The molecule has 0 aliphatic carbocycles. The number of thiol groups is 1. The minimum absolute atomic E-state index is 0.101. The molecule has 0 aliphatic rings. The summed E-state index contributed by atoms with van der Waals surface area (Å²) >= 11 is 3.72. The van der Waals surface area contributed by atoms with Crippen molar-refractivity contribution in [3.63, 3.8) is 0 Å². The molecule has 4 N–H and O–H groups in total. The highest BCUT2D eigenvalue weighted by Gasteiger charge is 2.07. The Bertz CT molecular complexity index is 86.1. The van der Waals surface area contributed by atoms with E-state index in [1.165, 1.54) is 0 Å². The van der Waals surface area contributed by atoms with E-state index in [0.717, 1.165) is 0 Å². The van der Waals surface area contributed by atoms with Crippen LogP contribution in [0.2, 0.25) is 0 Å². The summed E-state index contributed by atoms with van der Waals surface area (Å²) in [4.78, 5) is 10.5. The van der Waals surface area contributed by atoms with Gasteiger partial charge in [-0.15, -0.1) is 0 Å². The topological polar surface area (TPSA) is 69.1 Å². The summed E-state index contributed by atoms with van der Waals surface area (Å²) in [6.45, 7) is 0.208. The van der Waals surface area contributed by atoms with Gasteiger partial charge in [-0.3, -0.25) is 4.79 Å². The van der Waals surface area contributed by atoms with E-state index in [4.69, 9.17) is 11.5 Å². The first kappa shape index (κ1) is 7.94. The molecule has 0 aromatic heterocycles. The number of rotatable bonds is 3. The standard InChI is InChI=1S/C4H10N2OS/c5-1-3(6)4(7)2-8/h3,8H,1-2,5-6H2. The number of Topliss-reactive ketones (excluding diaryl/α,β-unsaturated/α-hetero) is 1. The molecule has 0 aromatic rings. The summed E-state index contributed by atoms with van der Waals surface area (Å²) in [5.41, 5.74) is 10.3. The molecular weight excluding hydrogens is 124 g/mol. The van der Waals surface area contributed by atoms with Gasteiger partial charge in [0.1, 0.15) is 0 Å². The van der Waals surface area contributed by atoms with E-state index in [0.29, 0.717) is 0 Å². The number of carbonyl (C=O) groups is 1. The Balaban J connectivity index is 3.46. The fourth-order valence-corrected chi connectivity index (χ4v) is 0.483. The highest BCUT2D eigenvalue weighted by Crippen LogP contribution is 1.81. The van der Waals surface area contributed by atoms with Crippen molar-refractivity contribution in [2.24, 2.45) is 11.5 Å². The predicted molar refractivity (Wildman–Crippen MR) is 35.9 cm³/mol. The molecule has 0 spiro atoms. The third-order valence-corrected chi connectivity index (χ3v) is 1.14. The van der Waals surface area contributed by atoms with Gasteiger partial charge in [0.15, 0.2) is 5.78 Å². The van der Waals surface area contributed by atoms with E-state index in [-0.39, 0.29) is 18.1 Å². The third kappa shape index (κ3) is 2.30. The summed E-state index contributed by atoms with van der Waals surface area (Å²) in [6.07, 6.45) is 0. The Kier molecular flexibility index (Phi) is 3.85. The Labute approximate surface area is 53.8 Å². The van der Waals surface area contributed by atoms with Gasteiger partial charge in [0, 0.05) is 6.54 Å². The predicted octanol–water partition coefficient (Wildman–Crippen LogP) is -1.23. The van der Waals surface area contributed by atoms with Gasteiger partial charge >= 0.3 is 0 Å². The maximum atomic E-state index is 10.5. The number of nitrogens with two attached hydrogens (primary N) is 2. The smallest absolute Gasteiger partial charge is 0.160 e. The van der Waals surface area contributed by atoms with E-state index < -0.39 is 6.04 Å². The second-order valence-corrected chi connectivity index (χ2v) is 1.78. The maximum Gasteiger partial charge on any atom is 0.160 e. The number of hydrogen-bond donors (Lipinski definition) is 3. The second kappa shape index (κ2) is 3.88. The first-order chi connectivity index (χ1) is 3.72. The Morgan fingerprint density at radius 3 is 2.38 bits per heavy atom. The van der Waals surface area contributed by atoms with Crippen LogP contribution in [0.3, 0.4) is 0 Å². The molecule has 0 aliphatic heterocycles. The van der Waals surface area contributed by atoms with E-state index in [9.17, 15) is 4.79 Å². The zero-order valence-electron chi connectivity index (χ0n) is 4.50. The lowest BCUT2D eigenvalue weighted by atomic mass is 10.2. The molecule has 0 radical (unpaired) electrons. The summed E-state index contributed by atoms with van der Waals surface area (Å²) in [7, 11) is 0. The first-order valence-electron chi connectivity index (χ1n) is 2.31. The molecule has 0 amide bonds. The highest BCUT2D eigenvalue weighted by atomic mass is 32.1. The Morgan fingerprint density at radius 2 is 2.25 bits per heavy atom. The lowest BCUT2D eigenvalue weighted by Gasteiger charge is -2.02. The van der Waals surface area contributed by atoms with Crippen LogP contribution in [0.5, 0.6) is 0 Å². The summed E-state index contributed by atoms with van der Waals surface area (Å²) < 4.78 is 0. The Hall–Kier alpha value is -0.0600. The largest absolute Gasteiger partial charge is 0.328 e. The fraction of sp³-hybridized carbons (Fsp3) is 0.750. The SMILES string of the molecule is NCC(N)C(=O)CS. The molecule has 4 heteroatoms. The monoisotopic (exact) mass is 134 g/mol. The molecule has 8 heavy (non-hydrogen) atoms. The molecule has 0 bridgehead atoms. The van der Waals surface area contributed by atoms with Crippen LogP contribution >= 0.6 is 12.6 Å². The summed E-state index contributed by atoms with van der Waals surface area (Å²) in [6, 6.07) is -0.521. The van der Waals surface area contributed by atoms with Gasteiger partial charge in [0.05, 0.1) is 11.8 Å². The van der Waals surface area contributed by atoms with Crippen molar-refractivity contribution < 1.29 is 4.79 Å². The molecule has 1 atom stereocenters. The molecule has 0 saturated carbocycles. The molecule has 0 rings (SSSR count).